The second-order valence-corrected chi connectivity index (χ2v) is 9.78. The molecule has 2 N–H and O–H groups in total. The molecule has 1 aromatic carbocycles. The maximum absolute atomic E-state index is 12.5. The van der Waals surface area contributed by atoms with Gasteiger partial charge in [0.1, 0.15) is 17.0 Å². The highest BCUT2D eigenvalue weighted by molar-refractivity contribution is 7.19. The Labute approximate surface area is 196 Å². The molecule has 0 radical (unpaired) electrons. The Morgan fingerprint density at radius 2 is 2.18 bits per heavy atom. The molecular weight excluding hydrogens is 434 g/mol. The first-order valence-corrected chi connectivity index (χ1v) is 11.8. The lowest BCUT2D eigenvalue weighted by atomic mass is 9.87. The Morgan fingerprint density at radius 3 is 2.97 bits per heavy atom. The molecule has 1 aliphatic rings. The second-order valence-electron chi connectivity index (χ2n) is 8.70. The normalized spacial score (nSPS) is 15.4. The van der Waals surface area contributed by atoms with E-state index in [0.29, 0.717) is 6.54 Å². The number of nitrogens with zero attached hydrogens (tertiary/aromatic N) is 5. The standard InChI is InChI=1S/C24H27N7OS/c1-5-8-31(4)19-11-17-15(12-27-29-17)9-18(19)28-22-21-16-7-6-14(24(32)30(2)3)10-20(16)33-23(21)26-13-25-22/h5,9,11-14H,1,6-8,10H2,2-4H3,(H,27,29)(H,25,26,28). The lowest BCUT2D eigenvalue weighted by Crippen LogP contribution is -2.32. The summed E-state index contributed by atoms with van der Waals surface area (Å²) in [5.74, 6) is 1.03. The number of amides is 1. The number of benzene rings is 1. The van der Waals surface area contributed by atoms with Crippen molar-refractivity contribution >= 4 is 55.6 Å². The van der Waals surface area contributed by atoms with E-state index in [2.05, 4.69) is 49.1 Å². The summed E-state index contributed by atoms with van der Waals surface area (Å²) in [5.41, 5.74) is 4.22. The van der Waals surface area contributed by atoms with Crippen LogP contribution >= 0.6 is 11.3 Å². The topological polar surface area (TPSA) is 90.0 Å². The van der Waals surface area contributed by atoms with Crippen LogP contribution in [0.4, 0.5) is 17.2 Å². The van der Waals surface area contributed by atoms with Crippen molar-refractivity contribution in [1.29, 1.82) is 0 Å². The zero-order chi connectivity index (χ0) is 23.1. The number of aryl methyl sites for hydroxylation is 1. The maximum Gasteiger partial charge on any atom is 0.225 e. The van der Waals surface area contributed by atoms with E-state index in [9.17, 15) is 4.79 Å². The lowest BCUT2D eigenvalue weighted by molar-refractivity contribution is -0.133. The first-order valence-electron chi connectivity index (χ1n) is 11.0. The number of aromatic nitrogens is 4. The SMILES string of the molecule is C=CCN(C)c1cc2[nH]ncc2cc1Nc1ncnc2sc3c(c12)CCC(C(=O)N(C)C)C3. The zero-order valence-corrected chi connectivity index (χ0v) is 19.9. The molecule has 8 nitrogen and oxygen atoms in total. The molecule has 0 spiro atoms. The molecular formula is C24H27N7OS. The van der Waals surface area contributed by atoms with Crippen LogP contribution in [0.5, 0.6) is 0 Å². The van der Waals surface area contributed by atoms with Crippen molar-refractivity contribution in [3.05, 3.63) is 47.8 Å². The van der Waals surface area contributed by atoms with Crippen molar-refractivity contribution in [3.63, 3.8) is 0 Å². The molecule has 0 saturated heterocycles. The van der Waals surface area contributed by atoms with Gasteiger partial charge in [-0.1, -0.05) is 6.08 Å². The van der Waals surface area contributed by atoms with Gasteiger partial charge in [-0.25, -0.2) is 9.97 Å². The number of thiophene rings is 1. The van der Waals surface area contributed by atoms with Crippen LogP contribution in [0.3, 0.4) is 0 Å². The molecule has 0 bridgehead atoms. The van der Waals surface area contributed by atoms with Crippen LogP contribution in [0, 0.1) is 5.92 Å². The third-order valence-electron chi connectivity index (χ3n) is 6.26. The highest BCUT2D eigenvalue weighted by atomic mass is 32.1. The van der Waals surface area contributed by atoms with E-state index >= 15 is 0 Å². The van der Waals surface area contributed by atoms with Crippen LogP contribution in [0.2, 0.25) is 0 Å². The van der Waals surface area contributed by atoms with Crippen LogP contribution in [0.25, 0.3) is 21.1 Å². The monoisotopic (exact) mass is 461 g/mol. The summed E-state index contributed by atoms with van der Waals surface area (Å²) in [6.45, 7) is 4.59. The van der Waals surface area contributed by atoms with Crippen molar-refractivity contribution in [3.8, 4) is 0 Å². The zero-order valence-electron chi connectivity index (χ0n) is 19.1. The summed E-state index contributed by atoms with van der Waals surface area (Å²) in [7, 11) is 5.69. The average Bonchev–Trinajstić information content (AvgIpc) is 3.41. The van der Waals surface area contributed by atoms with Crippen LogP contribution in [-0.2, 0) is 17.6 Å². The first-order chi connectivity index (χ1) is 16.0. The minimum atomic E-state index is 0.0348. The van der Waals surface area contributed by atoms with Crippen LogP contribution in [0.1, 0.15) is 16.9 Å². The van der Waals surface area contributed by atoms with Gasteiger partial charge < -0.3 is 15.1 Å². The molecule has 0 fully saturated rings. The van der Waals surface area contributed by atoms with E-state index < -0.39 is 0 Å². The van der Waals surface area contributed by atoms with E-state index in [0.717, 1.165) is 57.6 Å². The van der Waals surface area contributed by atoms with Gasteiger partial charge in [-0.3, -0.25) is 9.89 Å². The minimum Gasteiger partial charge on any atom is -0.369 e. The summed E-state index contributed by atoms with van der Waals surface area (Å²) in [6, 6.07) is 4.18. The molecule has 3 heterocycles. The summed E-state index contributed by atoms with van der Waals surface area (Å²) in [4.78, 5) is 27.8. The van der Waals surface area contributed by atoms with Gasteiger partial charge in [0.2, 0.25) is 5.91 Å². The minimum absolute atomic E-state index is 0.0348. The number of H-pyrrole nitrogens is 1. The fourth-order valence-electron chi connectivity index (χ4n) is 4.60. The second kappa shape index (κ2) is 8.47. The summed E-state index contributed by atoms with van der Waals surface area (Å²) >= 11 is 1.68. The molecule has 1 atom stereocenters. The fraction of sp³-hybridized carbons (Fsp3) is 0.333. The van der Waals surface area contributed by atoms with E-state index in [4.69, 9.17) is 0 Å². The smallest absolute Gasteiger partial charge is 0.225 e. The van der Waals surface area contributed by atoms with Crippen molar-refractivity contribution in [2.24, 2.45) is 5.92 Å². The number of hydrogen-bond donors (Lipinski definition) is 2. The number of hydrogen-bond acceptors (Lipinski definition) is 7. The van der Waals surface area contributed by atoms with E-state index in [1.807, 2.05) is 33.4 Å². The third kappa shape index (κ3) is 3.82. The number of carbonyl (C=O) groups excluding carboxylic acids is 1. The van der Waals surface area contributed by atoms with Crippen molar-refractivity contribution in [1.82, 2.24) is 25.1 Å². The van der Waals surface area contributed by atoms with Crippen LogP contribution in [0.15, 0.2) is 37.3 Å². The highest BCUT2D eigenvalue weighted by Crippen LogP contribution is 2.41. The van der Waals surface area contributed by atoms with E-state index in [1.165, 1.54) is 10.4 Å². The van der Waals surface area contributed by atoms with Gasteiger partial charge in [0, 0.05) is 43.9 Å². The number of rotatable bonds is 6. The summed E-state index contributed by atoms with van der Waals surface area (Å²) in [6.07, 6.45) is 7.77. The fourth-order valence-corrected chi connectivity index (χ4v) is 5.86. The molecule has 4 aromatic rings. The van der Waals surface area contributed by atoms with Gasteiger partial charge in [-0.2, -0.15) is 5.10 Å². The van der Waals surface area contributed by atoms with Gasteiger partial charge in [0.25, 0.3) is 0 Å². The number of likely N-dealkylation sites (N-methyl/N-ethyl adjacent to an activating group) is 1. The Hall–Kier alpha value is -3.46. The predicted octanol–water partition coefficient (Wildman–Crippen LogP) is 4.13. The highest BCUT2D eigenvalue weighted by Gasteiger charge is 2.30. The predicted molar refractivity (Wildman–Crippen MR) is 134 cm³/mol. The van der Waals surface area contributed by atoms with Crippen molar-refractivity contribution in [2.75, 3.05) is 37.9 Å². The molecule has 1 aliphatic carbocycles. The molecule has 0 saturated carbocycles. The van der Waals surface area contributed by atoms with Crippen molar-refractivity contribution in [2.45, 2.75) is 19.3 Å². The molecule has 5 rings (SSSR count). The molecule has 1 amide bonds. The first kappa shape index (κ1) is 21.4. The number of carbonyl (C=O) groups is 1. The van der Waals surface area contributed by atoms with Gasteiger partial charge >= 0.3 is 0 Å². The number of fused-ring (bicyclic) bond motifs is 4. The Morgan fingerprint density at radius 1 is 1.33 bits per heavy atom. The number of nitrogens with one attached hydrogen (secondary N) is 2. The molecule has 0 aliphatic heterocycles. The largest absolute Gasteiger partial charge is 0.369 e. The molecule has 3 aromatic heterocycles. The molecule has 1 unspecified atom stereocenters. The van der Waals surface area contributed by atoms with E-state index in [1.54, 1.807) is 22.6 Å². The van der Waals surface area contributed by atoms with Crippen molar-refractivity contribution < 1.29 is 4.79 Å². The van der Waals surface area contributed by atoms with Gasteiger partial charge in [0.15, 0.2) is 0 Å². The average molecular weight is 462 g/mol. The Balaban J connectivity index is 1.56. The Kier molecular flexibility index (Phi) is 5.49. The molecule has 170 valence electrons. The Bertz CT molecular complexity index is 1360. The summed E-state index contributed by atoms with van der Waals surface area (Å²) in [5, 5.41) is 12.9. The van der Waals surface area contributed by atoms with Crippen LogP contribution < -0.4 is 10.2 Å². The third-order valence-corrected chi connectivity index (χ3v) is 7.42. The quantitative estimate of drug-likeness (QED) is 0.420. The van der Waals surface area contributed by atoms with Gasteiger partial charge in [-0.15, -0.1) is 17.9 Å². The van der Waals surface area contributed by atoms with E-state index in [-0.39, 0.29) is 11.8 Å². The lowest BCUT2D eigenvalue weighted by Gasteiger charge is -2.24. The molecule has 33 heavy (non-hydrogen) atoms. The van der Waals surface area contributed by atoms with Crippen LogP contribution in [-0.4, -0.2) is 58.7 Å². The maximum atomic E-state index is 12.5. The molecule has 9 heteroatoms. The van der Waals surface area contributed by atoms with Gasteiger partial charge in [0.05, 0.1) is 28.5 Å². The number of aromatic amines is 1. The number of anilines is 3. The summed E-state index contributed by atoms with van der Waals surface area (Å²) < 4.78 is 0. The van der Waals surface area contributed by atoms with Gasteiger partial charge in [-0.05, 0) is 37.0 Å².